The summed E-state index contributed by atoms with van der Waals surface area (Å²) in [5.41, 5.74) is 2.04. The highest BCUT2D eigenvalue weighted by Crippen LogP contribution is 2.52. The maximum atomic E-state index is 16.6. The number of phenols is 1. The normalized spacial score (nSPS) is 20.9. The molecule has 2 N–H and O–H groups in total. The van der Waals surface area contributed by atoms with Gasteiger partial charge in [-0.1, -0.05) is 54.6 Å². The number of aromatic hydroxyl groups is 1. The van der Waals surface area contributed by atoms with Gasteiger partial charge >= 0.3 is 0 Å². The lowest BCUT2D eigenvalue weighted by Gasteiger charge is -2.53. The largest absolute Gasteiger partial charge is 0.508 e. The fourth-order valence-corrected chi connectivity index (χ4v) is 6.75. The van der Waals surface area contributed by atoms with Crippen molar-refractivity contribution in [3.63, 3.8) is 0 Å². The van der Waals surface area contributed by atoms with Crippen LogP contribution in [0.5, 0.6) is 5.75 Å². The Morgan fingerprint density at radius 2 is 1.61 bits per heavy atom. The Kier molecular flexibility index (Phi) is 7.39. The number of hydrogen-bond acceptors (Lipinski definition) is 4. The molecule has 1 saturated heterocycles. The minimum atomic E-state index is -1.40. The quantitative estimate of drug-likeness (QED) is 0.248. The van der Waals surface area contributed by atoms with Crippen molar-refractivity contribution in [3.8, 4) is 5.75 Å². The van der Waals surface area contributed by atoms with Crippen molar-refractivity contribution in [2.75, 3.05) is 36.5 Å². The molecule has 4 aromatic rings. The average molecular weight is 558 g/mol. The molecular formula is C34H34F3N3O. The van der Waals surface area contributed by atoms with Gasteiger partial charge in [0.1, 0.15) is 22.9 Å². The number of hydrogen-bond donors (Lipinski definition) is 2. The number of nitrogens with zero attached hydrogens (tertiary/aromatic N) is 2. The van der Waals surface area contributed by atoms with Gasteiger partial charge in [0.25, 0.3) is 0 Å². The topological polar surface area (TPSA) is 38.7 Å². The molecule has 0 amide bonds. The number of benzene rings is 4. The van der Waals surface area contributed by atoms with Gasteiger partial charge in [-0.05, 0) is 72.9 Å². The number of likely N-dealkylation sites (tertiary alicyclic amines) is 1. The number of phenolic OH excluding ortho intramolecular Hbond substituents is 1. The van der Waals surface area contributed by atoms with Crippen molar-refractivity contribution in [2.24, 2.45) is 0 Å². The molecule has 2 atom stereocenters. The zero-order valence-electron chi connectivity index (χ0n) is 23.0. The van der Waals surface area contributed by atoms with Gasteiger partial charge in [0.15, 0.2) is 0 Å². The summed E-state index contributed by atoms with van der Waals surface area (Å²) in [5, 5.41) is 13.9. The van der Waals surface area contributed by atoms with Crippen molar-refractivity contribution in [1.82, 2.24) is 4.90 Å². The summed E-state index contributed by atoms with van der Waals surface area (Å²) in [4.78, 5) is 4.21. The zero-order chi connectivity index (χ0) is 28.6. The molecule has 0 radical (unpaired) electrons. The fourth-order valence-electron chi connectivity index (χ4n) is 6.75. The standard InChI is InChI=1S/C34H34F3N3O/c1-23-17-24-9-5-6-14-30(24)34(25-10-7-13-29(41)18-25,40(23)28-11-3-2-4-12-28)33-31(36)19-26(20-32(33)37)38-27-21-39(22-27)16-8-15-35/h2-7,9-14,18-20,23,27,38,41H,8,15-17,21-22H2,1H3/t23-,34+/m1/s1. The summed E-state index contributed by atoms with van der Waals surface area (Å²) in [6.45, 7) is 3.79. The van der Waals surface area contributed by atoms with Crippen molar-refractivity contribution in [1.29, 1.82) is 0 Å². The van der Waals surface area contributed by atoms with Crippen LogP contribution in [0.1, 0.15) is 35.6 Å². The van der Waals surface area contributed by atoms with E-state index in [2.05, 4.69) is 22.0 Å². The summed E-state index contributed by atoms with van der Waals surface area (Å²) >= 11 is 0. The monoisotopic (exact) mass is 557 g/mol. The van der Waals surface area contributed by atoms with E-state index in [1.807, 2.05) is 60.7 Å². The molecule has 0 bridgehead atoms. The first-order chi connectivity index (χ1) is 19.9. The number of nitrogens with one attached hydrogen (secondary N) is 1. The SMILES string of the molecule is C[C@@H]1Cc2ccccc2[C@@](c2cccc(O)c2)(c2c(F)cc(NC3CN(CCCF)C3)cc2F)N1c1ccccc1. The third-order valence-corrected chi connectivity index (χ3v) is 8.36. The molecule has 7 heteroatoms. The minimum Gasteiger partial charge on any atom is -0.508 e. The number of para-hydroxylation sites is 1. The summed E-state index contributed by atoms with van der Waals surface area (Å²) in [6.07, 6.45) is 1.18. The molecule has 0 saturated carbocycles. The highest BCUT2D eigenvalue weighted by atomic mass is 19.1. The maximum Gasteiger partial charge on any atom is 0.134 e. The first kappa shape index (κ1) is 27.2. The number of rotatable bonds is 8. The lowest BCUT2D eigenvalue weighted by atomic mass is 9.69. The van der Waals surface area contributed by atoms with Gasteiger partial charge in [0, 0.05) is 37.1 Å². The van der Waals surface area contributed by atoms with Crippen molar-refractivity contribution in [3.05, 3.63) is 125 Å². The van der Waals surface area contributed by atoms with E-state index >= 15 is 8.78 Å². The third-order valence-electron chi connectivity index (χ3n) is 8.36. The van der Waals surface area contributed by atoms with Gasteiger partial charge in [0.05, 0.1) is 18.3 Å². The minimum absolute atomic E-state index is 0.0204. The van der Waals surface area contributed by atoms with Crippen LogP contribution in [0, 0.1) is 11.6 Å². The Labute approximate surface area is 239 Å². The molecule has 2 aliphatic heterocycles. The Hall–Kier alpha value is -3.97. The summed E-state index contributed by atoms with van der Waals surface area (Å²) in [5.74, 6) is -1.32. The molecule has 2 aliphatic rings. The van der Waals surface area contributed by atoms with Crippen LogP contribution in [-0.4, -0.2) is 48.4 Å². The fraction of sp³-hybridized carbons (Fsp3) is 0.294. The van der Waals surface area contributed by atoms with E-state index in [4.69, 9.17) is 0 Å². The molecule has 41 heavy (non-hydrogen) atoms. The average Bonchev–Trinajstić information content (AvgIpc) is 2.94. The molecule has 4 aromatic carbocycles. The first-order valence-electron chi connectivity index (χ1n) is 14.2. The molecular weight excluding hydrogens is 523 g/mol. The Morgan fingerprint density at radius 1 is 0.902 bits per heavy atom. The van der Waals surface area contributed by atoms with Crippen LogP contribution in [0.4, 0.5) is 24.5 Å². The van der Waals surface area contributed by atoms with E-state index < -0.39 is 17.2 Å². The number of halogens is 3. The molecule has 0 spiro atoms. The van der Waals surface area contributed by atoms with Crippen molar-refractivity contribution >= 4 is 11.4 Å². The van der Waals surface area contributed by atoms with Gasteiger partial charge in [-0.15, -0.1) is 0 Å². The van der Waals surface area contributed by atoms with E-state index in [0.29, 0.717) is 43.7 Å². The van der Waals surface area contributed by atoms with Gasteiger partial charge in [0.2, 0.25) is 0 Å². The summed E-state index contributed by atoms with van der Waals surface area (Å²) in [6, 6.07) is 26.9. The molecule has 0 aliphatic carbocycles. The molecule has 4 nitrogen and oxygen atoms in total. The predicted molar refractivity (Wildman–Crippen MR) is 157 cm³/mol. The zero-order valence-corrected chi connectivity index (χ0v) is 23.0. The van der Waals surface area contributed by atoms with Crippen LogP contribution >= 0.6 is 0 Å². The van der Waals surface area contributed by atoms with Crippen molar-refractivity contribution in [2.45, 2.75) is 37.4 Å². The highest BCUT2D eigenvalue weighted by molar-refractivity contribution is 5.68. The second kappa shape index (κ2) is 11.1. The van der Waals surface area contributed by atoms with E-state index in [-0.39, 0.29) is 30.1 Å². The molecule has 0 aromatic heterocycles. The predicted octanol–water partition coefficient (Wildman–Crippen LogP) is 6.87. The van der Waals surface area contributed by atoms with Gasteiger partial charge < -0.3 is 15.3 Å². The summed E-state index contributed by atoms with van der Waals surface area (Å²) in [7, 11) is 0. The second-order valence-corrected chi connectivity index (χ2v) is 11.1. The molecule has 6 rings (SSSR count). The smallest absolute Gasteiger partial charge is 0.134 e. The number of fused-ring (bicyclic) bond motifs is 1. The van der Waals surface area contributed by atoms with Crippen LogP contribution in [0.15, 0.2) is 91.0 Å². The van der Waals surface area contributed by atoms with E-state index in [1.54, 1.807) is 18.2 Å². The van der Waals surface area contributed by atoms with E-state index in [1.165, 1.54) is 12.1 Å². The number of anilines is 2. The van der Waals surface area contributed by atoms with Gasteiger partial charge in [-0.25, -0.2) is 8.78 Å². The van der Waals surface area contributed by atoms with E-state index in [0.717, 1.165) is 16.8 Å². The lowest BCUT2D eigenvalue weighted by molar-refractivity contribution is 0.155. The molecule has 212 valence electrons. The van der Waals surface area contributed by atoms with Crippen LogP contribution in [0.25, 0.3) is 0 Å². The number of alkyl halides is 1. The highest BCUT2D eigenvalue weighted by Gasteiger charge is 2.51. The molecule has 0 unspecified atom stereocenters. The van der Waals surface area contributed by atoms with Crippen LogP contribution < -0.4 is 10.2 Å². The first-order valence-corrected chi connectivity index (χ1v) is 14.2. The Balaban J connectivity index is 1.54. The van der Waals surface area contributed by atoms with Crippen molar-refractivity contribution < 1.29 is 18.3 Å². The maximum absolute atomic E-state index is 16.6. The van der Waals surface area contributed by atoms with E-state index in [9.17, 15) is 9.50 Å². The van der Waals surface area contributed by atoms with Crippen LogP contribution in [0.3, 0.4) is 0 Å². The van der Waals surface area contributed by atoms with Gasteiger partial charge in [-0.3, -0.25) is 9.29 Å². The molecule has 1 fully saturated rings. The van der Waals surface area contributed by atoms with Crippen LogP contribution in [0.2, 0.25) is 0 Å². The Bertz CT molecular complexity index is 1500. The van der Waals surface area contributed by atoms with Gasteiger partial charge in [-0.2, -0.15) is 0 Å². The molecule has 2 heterocycles. The Morgan fingerprint density at radius 3 is 2.32 bits per heavy atom. The van der Waals surface area contributed by atoms with Crippen LogP contribution in [-0.2, 0) is 12.0 Å². The third kappa shape index (κ3) is 4.82. The summed E-state index contributed by atoms with van der Waals surface area (Å²) < 4.78 is 45.8. The second-order valence-electron chi connectivity index (χ2n) is 11.1. The lowest BCUT2D eigenvalue weighted by Crippen LogP contribution is -2.57.